The fourth-order valence-corrected chi connectivity index (χ4v) is 5.00. The van der Waals surface area contributed by atoms with Gasteiger partial charge in [-0.05, 0) is 35.2 Å². The van der Waals surface area contributed by atoms with Crippen molar-refractivity contribution in [2.45, 2.75) is 12.6 Å². The Morgan fingerprint density at radius 1 is 0.806 bits per heavy atom. The number of nitrogens with zero attached hydrogens (tertiary/aromatic N) is 2. The van der Waals surface area contributed by atoms with Gasteiger partial charge in [-0.2, -0.15) is 0 Å². The highest BCUT2D eigenvalue weighted by Crippen LogP contribution is 2.40. The van der Waals surface area contributed by atoms with Gasteiger partial charge in [-0.3, -0.25) is 25.2 Å². The van der Waals surface area contributed by atoms with E-state index in [9.17, 15) is 14.4 Å². The Kier molecular flexibility index (Phi) is 5.26. The number of rotatable bonds is 5. The van der Waals surface area contributed by atoms with Crippen LogP contribution in [0.4, 0.5) is 0 Å². The lowest BCUT2D eigenvalue weighted by molar-refractivity contribution is -0.129. The fourth-order valence-electron chi connectivity index (χ4n) is 5.00. The summed E-state index contributed by atoms with van der Waals surface area (Å²) < 4.78 is 1.81. The van der Waals surface area contributed by atoms with Crippen molar-refractivity contribution < 1.29 is 14.4 Å². The van der Waals surface area contributed by atoms with Gasteiger partial charge in [0.25, 0.3) is 17.7 Å². The van der Waals surface area contributed by atoms with Crippen LogP contribution in [0.25, 0.3) is 21.8 Å². The minimum absolute atomic E-state index is 0.0554. The smallest absolute Gasteiger partial charge is 0.258 e. The van der Waals surface area contributed by atoms with Gasteiger partial charge in [-0.1, -0.05) is 54.6 Å². The Labute approximate surface area is 206 Å². The van der Waals surface area contributed by atoms with Gasteiger partial charge in [0.15, 0.2) is 0 Å². The van der Waals surface area contributed by atoms with Crippen LogP contribution >= 0.6 is 0 Å². The molecule has 36 heavy (non-hydrogen) atoms. The second-order valence-electron chi connectivity index (χ2n) is 8.81. The number of para-hydroxylation sites is 2. The Morgan fingerprint density at radius 3 is 2.42 bits per heavy atom. The maximum absolute atomic E-state index is 13.3. The van der Waals surface area contributed by atoms with E-state index in [1.807, 2.05) is 89.8 Å². The van der Waals surface area contributed by atoms with Crippen LogP contribution in [-0.4, -0.2) is 38.7 Å². The Bertz CT molecular complexity index is 1630. The quantitative estimate of drug-likeness (QED) is 0.338. The topological polar surface area (TPSA) is 99.2 Å². The molecule has 3 amide bonds. The number of carbonyl (C=O) groups is 3. The van der Waals surface area contributed by atoms with E-state index in [2.05, 4.69) is 15.8 Å². The minimum Gasteiger partial charge on any atom is -0.361 e. The molecule has 0 saturated carbocycles. The summed E-state index contributed by atoms with van der Waals surface area (Å²) in [5.74, 6) is -1.07. The Morgan fingerprint density at radius 2 is 1.53 bits per heavy atom. The van der Waals surface area contributed by atoms with Crippen molar-refractivity contribution in [3.63, 3.8) is 0 Å². The number of aromatic nitrogens is 2. The highest BCUT2D eigenvalue weighted by Gasteiger charge is 2.39. The van der Waals surface area contributed by atoms with Crippen LogP contribution in [0, 0.1) is 0 Å². The first-order valence-corrected chi connectivity index (χ1v) is 11.7. The molecule has 3 N–H and O–H groups in total. The van der Waals surface area contributed by atoms with Gasteiger partial charge < -0.3 is 14.5 Å². The third-order valence-electron chi connectivity index (χ3n) is 6.62. The summed E-state index contributed by atoms with van der Waals surface area (Å²) in [6.07, 6.45) is 3.72. The predicted molar refractivity (Wildman–Crippen MR) is 136 cm³/mol. The summed E-state index contributed by atoms with van der Waals surface area (Å²) in [5, 5.41) is 2.02. The number of hydrazine groups is 1. The highest BCUT2D eigenvalue weighted by atomic mass is 16.2. The van der Waals surface area contributed by atoms with Crippen molar-refractivity contribution >= 4 is 39.5 Å². The number of H-pyrrole nitrogens is 1. The van der Waals surface area contributed by atoms with Crippen LogP contribution < -0.4 is 10.9 Å². The van der Waals surface area contributed by atoms with Gasteiger partial charge in [-0.15, -0.1) is 0 Å². The summed E-state index contributed by atoms with van der Waals surface area (Å²) in [6, 6.07) is 24.5. The first-order valence-electron chi connectivity index (χ1n) is 11.7. The molecule has 178 valence electrons. The lowest BCUT2D eigenvalue weighted by atomic mass is 9.97. The van der Waals surface area contributed by atoms with Gasteiger partial charge in [0.1, 0.15) is 13.1 Å². The monoisotopic (exact) mass is 477 g/mol. The van der Waals surface area contributed by atoms with Crippen LogP contribution in [0.15, 0.2) is 91.3 Å². The molecular weight excluding hydrogens is 454 g/mol. The van der Waals surface area contributed by atoms with Crippen LogP contribution in [0.2, 0.25) is 0 Å². The van der Waals surface area contributed by atoms with Crippen molar-refractivity contribution in [1.29, 1.82) is 0 Å². The fraction of sp³-hybridized carbons (Fsp3) is 0.107. The molecule has 0 fully saturated rings. The summed E-state index contributed by atoms with van der Waals surface area (Å²) in [4.78, 5) is 43.5. The van der Waals surface area contributed by atoms with Gasteiger partial charge >= 0.3 is 0 Å². The van der Waals surface area contributed by atoms with Crippen LogP contribution in [0.3, 0.4) is 0 Å². The molecular formula is C28H23N5O3. The SMILES string of the molecule is O=C(CN1C(=O)c2ccccc2C1c1c[nH]c2ccccc12)NNC(=O)Cn1ccc2ccccc21. The molecule has 0 spiro atoms. The van der Waals surface area contributed by atoms with Crippen molar-refractivity contribution in [2.24, 2.45) is 0 Å². The molecule has 0 radical (unpaired) electrons. The van der Waals surface area contributed by atoms with Gasteiger partial charge in [0, 0.05) is 39.9 Å². The molecule has 1 aliphatic rings. The van der Waals surface area contributed by atoms with E-state index in [0.717, 1.165) is 32.9 Å². The Hall–Kier alpha value is -4.85. The van der Waals surface area contributed by atoms with E-state index in [-0.39, 0.29) is 24.9 Å². The first kappa shape index (κ1) is 21.7. The summed E-state index contributed by atoms with van der Waals surface area (Å²) >= 11 is 0. The molecule has 0 saturated heterocycles. The van der Waals surface area contributed by atoms with Crippen LogP contribution in [-0.2, 0) is 16.1 Å². The number of carbonyl (C=O) groups excluding carboxylic acids is 3. The third kappa shape index (κ3) is 3.69. The minimum atomic E-state index is -0.480. The second kappa shape index (κ2) is 8.74. The zero-order valence-electron chi connectivity index (χ0n) is 19.3. The normalized spacial score (nSPS) is 14.8. The van der Waals surface area contributed by atoms with Gasteiger partial charge in [0.2, 0.25) is 0 Å². The number of hydrogen-bond acceptors (Lipinski definition) is 3. The molecule has 0 bridgehead atoms. The van der Waals surface area contributed by atoms with Crippen LogP contribution in [0.1, 0.15) is 27.5 Å². The summed E-state index contributed by atoms with van der Waals surface area (Å²) in [5.41, 5.74) is 9.17. The molecule has 1 aliphatic heterocycles. The molecule has 6 rings (SSSR count). The standard InChI is InChI=1S/C28H23N5O3/c34-25(16-32-14-13-18-7-1-6-12-24(18)32)30-31-26(35)17-33-27(20-9-2-3-10-21(20)28(33)36)22-15-29-23-11-5-4-8-19(22)23/h1-15,27,29H,16-17H2,(H,30,34)(H,31,35). The lowest BCUT2D eigenvalue weighted by Crippen LogP contribution is -2.48. The summed E-state index contributed by atoms with van der Waals surface area (Å²) in [7, 11) is 0. The van der Waals surface area contributed by atoms with E-state index in [1.165, 1.54) is 0 Å². The maximum atomic E-state index is 13.3. The lowest BCUT2D eigenvalue weighted by Gasteiger charge is -2.25. The van der Waals surface area contributed by atoms with E-state index >= 15 is 0 Å². The number of hydrogen-bond donors (Lipinski definition) is 3. The Balaban J connectivity index is 1.19. The molecule has 3 heterocycles. The first-order chi connectivity index (χ1) is 17.6. The van der Waals surface area contributed by atoms with Crippen molar-refractivity contribution in [3.8, 4) is 0 Å². The number of amides is 3. The zero-order valence-corrected chi connectivity index (χ0v) is 19.3. The third-order valence-corrected chi connectivity index (χ3v) is 6.62. The maximum Gasteiger partial charge on any atom is 0.258 e. The van der Waals surface area contributed by atoms with E-state index in [0.29, 0.717) is 5.56 Å². The largest absolute Gasteiger partial charge is 0.361 e. The van der Waals surface area contributed by atoms with Crippen molar-refractivity contribution in [1.82, 2.24) is 25.3 Å². The van der Waals surface area contributed by atoms with E-state index < -0.39 is 11.9 Å². The number of nitrogens with one attached hydrogen (secondary N) is 3. The molecule has 5 aromatic rings. The van der Waals surface area contributed by atoms with Crippen LogP contribution in [0.5, 0.6) is 0 Å². The average molecular weight is 478 g/mol. The highest BCUT2D eigenvalue weighted by molar-refractivity contribution is 6.02. The van der Waals surface area contributed by atoms with Crippen molar-refractivity contribution in [2.75, 3.05) is 6.54 Å². The molecule has 8 heteroatoms. The number of benzene rings is 3. The van der Waals surface area contributed by atoms with Gasteiger partial charge in [0.05, 0.1) is 6.04 Å². The molecule has 3 aromatic carbocycles. The zero-order chi connectivity index (χ0) is 24.6. The average Bonchev–Trinajstić information content (AvgIpc) is 3.58. The molecule has 2 aromatic heterocycles. The number of aromatic amines is 1. The van der Waals surface area contributed by atoms with E-state index in [4.69, 9.17) is 0 Å². The number of fused-ring (bicyclic) bond motifs is 3. The van der Waals surface area contributed by atoms with E-state index in [1.54, 1.807) is 11.0 Å². The molecule has 1 atom stereocenters. The molecule has 1 unspecified atom stereocenters. The van der Waals surface area contributed by atoms with Gasteiger partial charge in [-0.25, -0.2) is 0 Å². The molecule has 0 aliphatic carbocycles. The summed E-state index contributed by atoms with van der Waals surface area (Å²) in [6.45, 7) is -0.149. The predicted octanol–water partition coefficient (Wildman–Crippen LogP) is 3.52. The molecule has 8 nitrogen and oxygen atoms in total. The second-order valence-corrected chi connectivity index (χ2v) is 8.81. The van der Waals surface area contributed by atoms with Crippen molar-refractivity contribution in [3.05, 3.63) is 108 Å².